The number of alkyl halides is 3. The van der Waals surface area contributed by atoms with Crippen molar-refractivity contribution in [2.24, 2.45) is 5.92 Å². The van der Waals surface area contributed by atoms with Crippen LogP contribution in [0.15, 0.2) is 36.8 Å². The molecule has 4 aromatic rings. The number of nitrogens with two attached hydrogens (primary N) is 1. The van der Waals surface area contributed by atoms with Crippen LogP contribution in [0.1, 0.15) is 38.9 Å². The number of aryl methyl sites for hydroxylation is 1. The van der Waals surface area contributed by atoms with Crippen molar-refractivity contribution in [3.8, 4) is 5.75 Å². The molecular formula is C28H34F3N7O4. The Morgan fingerprint density at radius 1 is 1.26 bits per heavy atom. The third kappa shape index (κ3) is 5.39. The summed E-state index contributed by atoms with van der Waals surface area (Å²) in [6.07, 6.45) is -0.0675. The van der Waals surface area contributed by atoms with Crippen LogP contribution in [0.3, 0.4) is 0 Å². The van der Waals surface area contributed by atoms with Gasteiger partial charge in [0.05, 0.1) is 23.0 Å². The van der Waals surface area contributed by atoms with Gasteiger partial charge in [0, 0.05) is 37.3 Å². The molecule has 1 saturated carbocycles. The van der Waals surface area contributed by atoms with Crippen molar-refractivity contribution >= 4 is 27.9 Å². The summed E-state index contributed by atoms with van der Waals surface area (Å²) < 4.78 is 49.1. The van der Waals surface area contributed by atoms with Gasteiger partial charge in [-0.15, -0.1) is 13.2 Å². The van der Waals surface area contributed by atoms with Crippen molar-refractivity contribution in [1.29, 1.82) is 0 Å². The highest BCUT2D eigenvalue weighted by Crippen LogP contribution is 2.39. The number of benzene rings is 1. The number of fused-ring (bicyclic) bond motifs is 2. The van der Waals surface area contributed by atoms with Crippen LogP contribution in [0, 0.1) is 5.92 Å². The Kier molecular flexibility index (Phi) is 7.28. The predicted octanol–water partition coefficient (Wildman–Crippen LogP) is 3.32. The van der Waals surface area contributed by atoms with Crippen LogP contribution in [0.2, 0.25) is 0 Å². The number of hydrogen-bond donors (Lipinski definition) is 4. The number of hydrogen-bond acceptors (Lipinski definition) is 9. The second-order valence-electron chi connectivity index (χ2n) is 11.6. The molecule has 226 valence electrons. The number of halogens is 3. The zero-order chi connectivity index (χ0) is 29.8. The van der Waals surface area contributed by atoms with Crippen molar-refractivity contribution in [3.05, 3.63) is 42.6 Å². The van der Waals surface area contributed by atoms with E-state index in [0.29, 0.717) is 52.8 Å². The number of H-pyrrole nitrogens is 1. The minimum atomic E-state index is -4.74. The van der Waals surface area contributed by atoms with Gasteiger partial charge >= 0.3 is 6.36 Å². The molecule has 4 heterocycles. The summed E-state index contributed by atoms with van der Waals surface area (Å²) in [5.74, 6) is 1.21. The lowest BCUT2D eigenvalue weighted by Crippen LogP contribution is -2.54. The second-order valence-corrected chi connectivity index (χ2v) is 11.6. The molecule has 3 atom stereocenters. The SMILES string of the molecule is CC(C)N(C[C@H]1OC[C@@](O)(n2ccc3c(N)ncnc32)[C@@H]1O)C1CC(CCc2nc3ccc(OC(F)(F)F)cc3[nH]2)C1. The number of ether oxygens (including phenoxy) is 2. The average molecular weight is 590 g/mol. The van der Waals surface area contributed by atoms with Gasteiger partial charge in [-0.25, -0.2) is 15.0 Å². The molecule has 1 aliphatic carbocycles. The lowest BCUT2D eigenvalue weighted by atomic mass is 9.76. The number of aliphatic hydroxyl groups is 2. The fraction of sp³-hybridized carbons (Fsp3) is 0.536. The van der Waals surface area contributed by atoms with Crippen LogP contribution in [-0.2, 0) is 16.9 Å². The molecule has 0 bridgehead atoms. The van der Waals surface area contributed by atoms with E-state index in [9.17, 15) is 23.4 Å². The molecule has 0 radical (unpaired) electrons. The number of anilines is 1. The van der Waals surface area contributed by atoms with Crippen molar-refractivity contribution in [2.75, 3.05) is 18.9 Å². The zero-order valence-electron chi connectivity index (χ0n) is 23.3. The third-order valence-electron chi connectivity index (χ3n) is 8.52. The maximum atomic E-state index is 12.5. The standard InChI is InChI=1S/C28H34F3N7O4/c1-15(2)37(12-22-24(39)27(40,13-41-22)38-8-7-19-25(32)33-14-34-26(19)38)17-9-16(10-17)3-6-23-35-20-5-4-18(11-21(20)36-23)42-28(29,30)31/h4-5,7-8,11,14-17,22,24,39-40H,3,6,9-10,12-13H2,1-2H3,(H,35,36)(H2,32,33,34)/t16?,17?,22-,24-,27+/m1/s1. The number of aromatic nitrogens is 5. The molecule has 3 aromatic heterocycles. The highest BCUT2D eigenvalue weighted by atomic mass is 19.4. The van der Waals surface area contributed by atoms with Gasteiger partial charge < -0.3 is 30.4 Å². The molecule has 1 aromatic carbocycles. The van der Waals surface area contributed by atoms with Gasteiger partial charge in [0.15, 0.2) is 5.72 Å². The molecule has 0 spiro atoms. The van der Waals surface area contributed by atoms with E-state index in [1.807, 2.05) is 0 Å². The van der Waals surface area contributed by atoms with E-state index in [1.54, 1.807) is 12.3 Å². The molecule has 0 amide bonds. The Morgan fingerprint density at radius 2 is 2.05 bits per heavy atom. The Balaban J connectivity index is 1.05. The quantitative estimate of drug-likeness (QED) is 0.231. The van der Waals surface area contributed by atoms with E-state index in [1.165, 1.54) is 29.1 Å². The van der Waals surface area contributed by atoms with E-state index in [4.69, 9.17) is 10.5 Å². The fourth-order valence-corrected chi connectivity index (χ4v) is 6.25. The van der Waals surface area contributed by atoms with E-state index in [2.05, 4.69) is 43.4 Å². The van der Waals surface area contributed by atoms with E-state index >= 15 is 0 Å². The number of rotatable bonds is 9. The number of imidazole rings is 1. The summed E-state index contributed by atoms with van der Waals surface area (Å²) >= 11 is 0. The highest BCUT2D eigenvalue weighted by molar-refractivity contribution is 5.86. The van der Waals surface area contributed by atoms with Crippen LogP contribution in [0.4, 0.5) is 19.0 Å². The molecule has 11 nitrogen and oxygen atoms in total. The lowest BCUT2D eigenvalue weighted by Gasteiger charge is -2.46. The topological polar surface area (TPSA) is 148 Å². The lowest BCUT2D eigenvalue weighted by molar-refractivity contribution is -0.274. The van der Waals surface area contributed by atoms with Gasteiger partial charge in [-0.2, -0.15) is 0 Å². The Morgan fingerprint density at radius 3 is 2.79 bits per heavy atom. The van der Waals surface area contributed by atoms with Crippen LogP contribution in [0.5, 0.6) is 5.75 Å². The molecule has 42 heavy (non-hydrogen) atoms. The Bertz CT molecular complexity index is 1570. The third-order valence-corrected chi connectivity index (χ3v) is 8.52. The van der Waals surface area contributed by atoms with Gasteiger partial charge in [0.1, 0.15) is 41.6 Å². The predicted molar refractivity (Wildman–Crippen MR) is 147 cm³/mol. The van der Waals surface area contributed by atoms with Crippen molar-refractivity contribution in [2.45, 2.75) is 75.9 Å². The van der Waals surface area contributed by atoms with E-state index < -0.39 is 24.3 Å². The minimum absolute atomic E-state index is 0.0902. The molecule has 2 aliphatic rings. The van der Waals surface area contributed by atoms with Crippen molar-refractivity contribution in [3.63, 3.8) is 0 Å². The van der Waals surface area contributed by atoms with Crippen LogP contribution in [0.25, 0.3) is 22.1 Å². The Hall–Kier alpha value is -3.46. The van der Waals surface area contributed by atoms with Gasteiger partial charge in [0.2, 0.25) is 0 Å². The van der Waals surface area contributed by atoms with E-state index in [-0.39, 0.29) is 18.4 Å². The number of aromatic amines is 1. The van der Waals surface area contributed by atoms with Gasteiger partial charge in [0.25, 0.3) is 0 Å². The first-order valence-electron chi connectivity index (χ1n) is 14.0. The first-order chi connectivity index (χ1) is 19.9. The first-order valence-corrected chi connectivity index (χ1v) is 14.0. The number of nitrogens with one attached hydrogen (secondary N) is 1. The monoisotopic (exact) mass is 589 g/mol. The summed E-state index contributed by atoms with van der Waals surface area (Å²) in [6, 6.07) is 6.29. The van der Waals surface area contributed by atoms with Crippen LogP contribution >= 0.6 is 0 Å². The summed E-state index contributed by atoms with van der Waals surface area (Å²) in [7, 11) is 0. The molecule has 1 saturated heterocycles. The molecular weight excluding hydrogens is 555 g/mol. The maximum absolute atomic E-state index is 12.5. The number of nitrogen functional groups attached to an aromatic ring is 1. The van der Waals surface area contributed by atoms with Crippen LogP contribution in [-0.4, -0.2) is 83.4 Å². The summed E-state index contributed by atoms with van der Waals surface area (Å²) in [5, 5.41) is 23.3. The number of nitrogens with zero attached hydrogens (tertiary/aromatic N) is 5. The van der Waals surface area contributed by atoms with E-state index in [0.717, 1.165) is 25.1 Å². The average Bonchev–Trinajstić information content (AvgIpc) is 3.58. The van der Waals surface area contributed by atoms with Gasteiger partial charge in [-0.1, -0.05) is 0 Å². The molecule has 6 rings (SSSR count). The maximum Gasteiger partial charge on any atom is 0.573 e. The van der Waals surface area contributed by atoms with Crippen molar-refractivity contribution < 1.29 is 32.9 Å². The van der Waals surface area contributed by atoms with Crippen molar-refractivity contribution in [1.82, 2.24) is 29.4 Å². The first kappa shape index (κ1) is 28.6. The molecule has 2 fully saturated rings. The molecule has 14 heteroatoms. The highest BCUT2D eigenvalue weighted by Gasteiger charge is 2.51. The van der Waals surface area contributed by atoms with Gasteiger partial charge in [-0.3, -0.25) is 9.47 Å². The summed E-state index contributed by atoms with van der Waals surface area (Å²) in [4.78, 5) is 18.2. The fourth-order valence-electron chi connectivity index (χ4n) is 6.25. The molecule has 1 aliphatic heterocycles. The van der Waals surface area contributed by atoms with Gasteiger partial charge in [-0.05, 0) is 57.2 Å². The zero-order valence-corrected chi connectivity index (χ0v) is 23.3. The summed E-state index contributed by atoms with van der Waals surface area (Å²) in [5.41, 5.74) is 5.78. The Labute approximate surface area is 239 Å². The largest absolute Gasteiger partial charge is 0.573 e. The summed E-state index contributed by atoms with van der Waals surface area (Å²) in [6.45, 7) is 4.57. The number of aliphatic hydroxyl groups excluding tert-OH is 1. The normalized spacial score (nSPS) is 26.5. The van der Waals surface area contributed by atoms with Crippen LogP contribution < -0.4 is 10.5 Å². The smallest absolute Gasteiger partial charge is 0.406 e. The molecule has 5 N–H and O–H groups in total. The molecule has 0 unspecified atom stereocenters. The minimum Gasteiger partial charge on any atom is -0.406 e. The second kappa shape index (κ2) is 10.7.